The molecule has 3 N–H and O–H groups in total. The quantitative estimate of drug-likeness (QED) is 0.424. The van der Waals surface area contributed by atoms with Crippen molar-refractivity contribution in [2.75, 3.05) is 0 Å². The van der Waals surface area contributed by atoms with Crippen LogP contribution in [0.25, 0.3) is 0 Å². The molecule has 0 radical (unpaired) electrons. The van der Waals surface area contributed by atoms with Crippen molar-refractivity contribution in [2.24, 2.45) is 11.3 Å². The Kier molecular flexibility index (Phi) is 6.78. The van der Waals surface area contributed by atoms with Crippen LogP contribution in [0.15, 0.2) is 60.8 Å². The number of carbonyl (C=O) groups is 2. The lowest BCUT2D eigenvalue weighted by molar-refractivity contribution is -0.126. The number of carbonyl (C=O) groups excluding carboxylic acids is 2. The highest BCUT2D eigenvalue weighted by molar-refractivity contribution is 5.96. The summed E-state index contributed by atoms with van der Waals surface area (Å²) in [5.41, 5.74) is 0.598. The Morgan fingerprint density at radius 2 is 1.84 bits per heavy atom. The van der Waals surface area contributed by atoms with E-state index in [4.69, 9.17) is 4.74 Å². The van der Waals surface area contributed by atoms with Gasteiger partial charge in [-0.2, -0.15) is 0 Å². The maximum Gasteiger partial charge on any atom is 0.257 e. The summed E-state index contributed by atoms with van der Waals surface area (Å²) >= 11 is 0. The van der Waals surface area contributed by atoms with Crippen molar-refractivity contribution in [1.29, 1.82) is 0 Å². The summed E-state index contributed by atoms with van der Waals surface area (Å²) in [4.78, 5) is 29.8. The molecule has 1 spiro atoms. The summed E-state index contributed by atoms with van der Waals surface area (Å²) in [5.74, 6) is -1.13. The van der Waals surface area contributed by atoms with Crippen molar-refractivity contribution < 1.29 is 28.2 Å². The number of hydrogen-bond acceptors (Lipinski definition) is 5. The second-order valence-corrected chi connectivity index (χ2v) is 9.77. The van der Waals surface area contributed by atoms with Crippen LogP contribution >= 0.6 is 0 Å². The zero-order chi connectivity index (χ0) is 26.0. The molecule has 2 aromatic carbocycles. The van der Waals surface area contributed by atoms with Gasteiger partial charge in [-0.25, -0.2) is 13.8 Å². The minimum atomic E-state index is -0.556. The normalized spacial score (nSPS) is 22.3. The Labute approximate surface area is 212 Å². The van der Waals surface area contributed by atoms with Gasteiger partial charge in [0, 0.05) is 36.3 Å². The summed E-state index contributed by atoms with van der Waals surface area (Å²) in [5, 5.41) is 15.2. The van der Waals surface area contributed by atoms with Gasteiger partial charge < -0.3 is 20.5 Å². The van der Waals surface area contributed by atoms with Crippen molar-refractivity contribution in [1.82, 2.24) is 15.6 Å². The van der Waals surface area contributed by atoms with Gasteiger partial charge in [0.25, 0.3) is 5.91 Å². The number of nitrogens with zero attached hydrogens (tertiary/aromatic N) is 1. The van der Waals surface area contributed by atoms with E-state index >= 15 is 0 Å². The number of ether oxygens (including phenoxy) is 1. The number of aromatic nitrogens is 1. The molecule has 37 heavy (non-hydrogen) atoms. The minimum absolute atomic E-state index is 0.00832. The van der Waals surface area contributed by atoms with E-state index in [9.17, 15) is 23.5 Å². The van der Waals surface area contributed by atoms with E-state index in [1.807, 2.05) is 0 Å². The van der Waals surface area contributed by atoms with Gasteiger partial charge in [-0.3, -0.25) is 9.59 Å². The predicted octanol–water partition coefficient (Wildman–Crippen LogP) is 4.85. The average molecular weight is 508 g/mol. The van der Waals surface area contributed by atoms with E-state index < -0.39 is 5.82 Å². The molecule has 1 atom stereocenters. The minimum Gasteiger partial charge on any atom is -0.508 e. The molecule has 9 heteroatoms. The Bertz CT molecular complexity index is 1310. The van der Waals surface area contributed by atoms with Crippen LogP contribution in [-0.4, -0.2) is 27.9 Å². The summed E-state index contributed by atoms with van der Waals surface area (Å²) in [6, 6.07) is 12.6. The van der Waals surface area contributed by atoms with Crippen molar-refractivity contribution in [3.05, 3.63) is 83.6 Å². The van der Waals surface area contributed by atoms with Gasteiger partial charge in [0.2, 0.25) is 11.8 Å². The SMILES string of the molecule is O=C(N[C@H]1CC12CCC(C(=O)NCc1ccc(O)cc1F)CC2)c1cccnc1Oc1ccc(F)cc1. The molecular weight excluding hydrogens is 480 g/mol. The Morgan fingerprint density at radius 3 is 2.57 bits per heavy atom. The molecule has 1 aromatic heterocycles. The van der Waals surface area contributed by atoms with Gasteiger partial charge >= 0.3 is 0 Å². The zero-order valence-electron chi connectivity index (χ0n) is 20.0. The van der Waals surface area contributed by atoms with E-state index in [0.29, 0.717) is 29.7 Å². The predicted molar refractivity (Wildman–Crippen MR) is 131 cm³/mol. The van der Waals surface area contributed by atoms with E-state index in [1.54, 1.807) is 12.1 Å². The average Bonchev–Trinajstić information content (AvgIpc) is 3.55. The summed E-state index contributed by atoms with van der Waals surface area (Å²) < 4.78 is 32.8. The van der Waals surface area contributed by atoms with Crippen molar-refractivity contribution in [2.45, 2.75) is 44.7 Å². The van der Waals surface area contributed by atoms with E-state index in [2.05, 4.69) is 15.6 Å². The molecule has 3 aromatic rings. The van der Waals surface area contributed by atoms with Crippen molar-refractivity contribution in [3.8, 4) is 17.4 Å². The number of phenolic OH excluding ortho intramolecular Hbond substituents is 1. The monoisotopic (exact) mass is 507 g/mol. The number of phenols is 1. The number of nitrogens with one attached hydrogen (secondary N) is 2. The Morgan fingerprint density at radius 1 is 1.08 bits per heavy atom. The smallest absolute Gasteiger partial charge is 0.257 e. The van der Waals surface area contributed by atoms with Crippen LogP contribution in [0.4, 0.5) is 8.78 Å². The van der Waals surface area contributed by atoms with Crippen LogP contribution in [0.5, 0.6) is 17.4 Å². The third-order valence-electron chi connectivity index (χ3n) is 7.38. The highest BCUT2D eigenvalue weighted by Crippen LogP contribution is 2.57. The molecule has 2 fully saturated rings. The van der Waals surface area contributed by atoms with E-state index in [-0.39, 0.29) is 53.2 Å². The van der Waals surface area contributed by atoms with Crippen LogP contribution < -0.4 is 15.4 Å². The molecule has 2 aliphatic rings. The molecule has 0 bridgehead atoms. The third-order valence-corrected chi connectivity index (χ3v) is 7.38. The van der Waals surface area contributed by atoms with Gasteiger partial charge in [0.05, 0.1) is 0 Å². The molecule has 2 aliphatic carbocycles. The Hall–Kier alpha value is -4.01. The topological polar surface area (TPSA) is 101 Å². The van der Waals surface area contributed by atoms with Crippen molar-refractivity contribution >= 4 is 11.8 Å². The van der Waals surface area contributed by atoms with Crippen LogP contribution in [0.3, 0.4) is 0 Å². The lowest BCUT2D eigenvalue weighted by atomic mass is 9.79. The van der Waals surface area contributed by atoms with Crippen LogP contribution in [0.1, 0.15) is 48.0 Å². The number of halogens is 2. The van der Waals surface area contributed by atoms with Crippen LogP contribution in [0, 0.1) is 23.0 Å². The number of amides is 2. The first kappa shape index (κ1) is 24.7. The number of pyridine rings is 1. The summed E-state index contributed by atoms with van der Waals surface area (Å²) in [6.07, 6.45) is 5.40. The first-order valence-corrected chi connectivity index (χ1v) is 12.3. The molecule has 7 nitrogen and oxygen atoms in total. The second-order valence-electron chi connectivity index (χ2n) is 9.77. The number of aromatic hydroxyl groups is 1. The fourth-order valence-corrected chi connectivity index (χ4v) is 5.06. The molecule has 5 rings (SSSR count). The lowest BCUT2D eigenvalue weighted by Crippen LogP contribution is -2.36. The van der Waals surface area contributed by atoms with Gasteiger partial charge in [-0.05, 0) is 80.0 Å². The number of hydrogen-bond donors (Lipinski definition) is 3. The Balaban J connectivity index is 1.13. The van der Waals surface area contributed by atoms with Crippen LogP contribution in [-0.2, 0) is 11.3 Å². The van der Waals surface area contributed by atoms with Crippen molar-refractivity contribution in [3.63, 3.8) is 0 Å². The standard InChI is InChI=1S/C28H27F2N3O4/c29-19-4-7-21(8-5-19)37-27-22(2-1-13-31-27)26(36)33-24-15-28(24)11-9-17(10-12-28)25(35)32-16-18-3-6-20(34)14-23(18)30/h1-8,13-14,17,24,34H,9-12,15-16H2,(H,32,35)(H,33,36)/t17?,24-,28?/m0/s1. The van der Waals surface area contributed by atoms with Gasteiger partial charge in [-0.1, -0.05) is 6.07 Å². The molecule has 0 aliphatic heterocycles. The van der Waals surface area contributed by atoms with Gasteiger partial charge in [-0.15, -0.1) is 0 Å². The summed E-state index contributed by atoms with van der Waals surface area (Å²) in [7, 11) is 0. The molecular formula is C28H27F2N3O4. The maximum absolute atomic E-state index is 13.9. The molecule has 0 unspecified atom stereocenters. The largest absolute Gasteiger partial charge is 0.508 e. The third kappa shape index (κ3) is 5.55. The van der Waals surface area contributed by atoms with E-state index in [0.717, 1.165) is 25.3 Å². The summed E-state index contributed by atoms with van der Waals surface area (Å²) in [6.45, 7) is 0.0682. The zero-order valence-corrected chi connectivity index (χ0v) is 20.0. The van der Waals surface area contributed by atoms with Gasteiger partial charge in [0.15, 0.2) is 0 Å². The highest BCUT2D eigenvalue weighted by atomic mass is 19.1. The molecule has 1 heterocycles. The first-order valence-electron chi connectivity index (χ1n) is 12.3. The molecule has 2 amide bonds. The second kappa shape index (κ2) is 10.2. The van der Waals surface area contributed by atoms with Gasteiger partial charge in [0.1, 0.15) is 28.7 Å². The number of benzene rings is 2. The maximum atomic E-state index is 13.9. The molecule has 2 saturated carbocycles. The lowest BCUT2D eigenvalue weighted by Gasteiger charge is -2.29. The molecule has 192 valence electrons. The van der Waals surface area contributed by atoms with E-state index in [1.165, 1.54) is 42.6 Å². The molecule has 0 saturated heterocycles. The van der Waals surface area contributed by atoms with Crippen LogP contribution in [0.2, 0.25) is 0 Å². The fourth-order valence-electron chi connectivity index (χ4n) is 5.06. The number of rotatable bonds is 7. The fraction of sp³-hybridized carbons (Fsp3) is 0.321. The first-order chi connectivity index (χ1) is 17.8. The highest BCUT2D eigenvalue weighted by Gasteiger charge is 2.56.